The molecule has 0 aliphatic heterocycles. The quantitative estimate of drug-likeness (QED) is 0.588. The van der Waals surface area contributed by atoms with Crippen LogP contribution in [0.25, 0.3) is 10.2 Å². The fourth-order valence-corrected chi connectivity index (χ4v) is 4.18. The lowest BCUT2D eigenvalue weighted by Crippen LogP contribution is -2.23. The number of hydrogen-bond acceptors (Lipinski definition) is 5. The topological polar surface area (TPSA) is 78.5 Å². The van der Waals surface area contributed by atoms with Gasteiger partial charge in [0.1, 0.15) is 13.1 Å². The number of fused-ring (bicyclic) bond motifs is 1. The molecular weight excluding hydrogens is 420 g/mol. The number of carbonyl (C=O) groups is 2. The van der Waals surface area contributed by atoms with Crippen LogP contribution in [0.3, 0.4) is 0 Å². The molecule has 2 heterocycles. The number of aryl methyl sites for hydroxylation is 2. The Hall–Kier alpha value is -2.26. The minimum atomic E-state index is -0.403. The van der Waals surface area contributed by atoms with Crippen LogP contribution in [0.2, 0.25) is 0 Å². The van der Waals surface area contributed by atoms with Crippen molar-refractivity contribution < 1.29 is 14.3 Å². The molecule has 0 saturated carbocycles. The van der Waals surface area contributed by atoms with Gasteiger partial charge in [-0.3, -0.25) is 14.3 Å². The van der Waals surface area contributed by atoms with E-state index in [-0.39, 0.29) is 19.0 Å². The van der Waals surface area contributed by atoms with Crippen molar-refractivity contribution in [1.82, 2.24) is 14.3 Å². The van der Waals surface area contributed by atoms with Crippen molar-refractivity contribution in [2.24, 2.45) is 4.99 Å². The molecule has 7 nitrogen and oxygen atoms in total. The number of amides is 1. The summed E-state index contributed by atoms with van der Waals surface area (Å²) in [6, 6.07) is 7.59. The highest BCUT2D eigenvalue weighted by atomic mass is 79.9. The Labute approximate surface area is 162 Å². The van der Waals surface area contributed by atoms with Crippen LogP contribution < -0.4 is 4.80 Å². The third-order valence-corrected chi connectivity index (χ3v) is 5.30. The van der Waals surface area contributed by atoms with Crippen molar-refractivity contribution >= 4 is 49.4 Å². The summed E-state index contributed by atoms with van der Waals surface area (Å²) in [5.74, 6) is -0.736. The molecule has 0 aliphatic carbocycles. The van der Waals surface area contributed by atoms with E-state index in [1.54, 1.807) is 9.25 Å². The van der Waals surface area contributed by atoms with Crippen LogP contribution in [-0.4, -0.2) is 33.3 Å². The van der Waals surface area contributed by atoms with Crippen LogP contribution in [0.1, 0.15) is 11.4 Å². The number of benzene rings is 1. The van der Waals surface area contributed by atoms with Crippen LogP contribution >= 0.6 is 27.3 Å². The first-order chi connectivity index (χ1) is 12.4. The minimum Gasteiger partial charge on any atom is -0.468 e. The molecule has 0 bridgehead atoms. The third kappa shape index (κ3) is 3.94. The molecule has 0 unspecified atom stereocenters. The second-order valence-corrected chi connectivity index (χ2v) is 7.67. The standard InChI is InChI=1S/C17H17BrN4O3S/c1-10-6-11(2)22(20-10)8-15(23)19-17-21(9-16(24)25-3)13-5-4-12(18)7-14(13)26-17/h4-7H,8-9H2,1-3H3. The first kappa shape index (κ1) is 18.5. The number of hydrogen-bond donors (Lipinski definition) is 0. The van der Waals surface area contributed by atoms with Gasteiger partial charge in [0, 0.05) is 10.2 Å². The van der Waals surface area contributed by atoms with Gasteiger partial charge in [0.25, 0.3) is 5.91 Å². The summed E-state index contributed by atoms with van der Waals surface area (Å²) < 4.78 is 9.91. The van der Waals surface area contributed by atoms with Gasteiger partial charge in [0.05, 0.1) is 23.0 Å². The summed E-state index contributed by atoms with van der Waals surface area (Å²) in [5.41, 5.74) is 2.57. The number of esters is 1. The molecule has 0 fully saturated rings. The molecular formula is C17H17BrN4O3S. The third-order valence-electron chi connectivity index (χ3n) is 3.77. The summed E-state index contributed by atoms with van der Waals surface area (Å²) in [4.78, 5) is 28.9. The second-order valence-electron chi connectivity index (χ2n) is 5.75. The van der Waals surface area contributed by atoms with Gasteiger partial charge < -0.3 is 9.30 Å². The smallest absolute Gasteiger partial charge is 0.325 e. The van der Waals surface area contributed by atoms with E-state index in [1.807, 2.05) is 38.1 Å². The average Bonchev–Trinajstić information content (AvgIpc) is 3.06. The lowest BCUT2D eigenvalue weighted by atomic mass is 10.3. The van der Waals surface area contributed by atoms with Crippen LogP contribution in [0.5, 0.6) is 0 Å². The SMILES string of the molecule is COC(=O)Cn1c(=NC(=O)Cn2nc(C)cc2C)sc2cc(Br)ccc21. The Balaban J connectivity index is 2.02. The van der Waals surface area contributed by atoms with Gasteiger partial charge in [0.15, 0.2) is 4.80 Å². The van der Waals surface area contributed by atoms with Crippen molar-refractivity contribution in [2.45, 2.75) is 26.9 Å². The predicted molar refractivity (Wildman–Crippen MR) is 102 cm³/mol. The van der Waals surface area contributed by atoms with Crippen LogP contribution in [-0.2, 0) is 27.4 Å². The number of halogens is 1. The Bertz CT molecular complexity index is 1060. The number of ether oxygens (including phenoxy) is 1. The van der Waals surface area contributed by atoms with Crippen molar-refractivity contribution in [1.29, 1.82) is 0 Å². The maximum absolute atomic E-state index is 12.4. The van der Waals surface area contributed by atoms with Crippen molar-refractivity contribution in [3.63, 3.8) is 0 Å². The van der Waals surface area contributed by atoms with E-state index >= 15 is 0 Å². The molecule has 1 amide bonds. The van der Waals surface area contributed by atoms with Crippen LogP contribution in [0, 0.1) is 13.8 Å². The van der Waals surface area contributed by atoms with Gasteiger partial charge in [-0.05, 0) is 38.1 Å². The first-order valence-corrected chi connectivity index (χ1v) is 9.42. The van der Waals surface area contributed by atoms with E-state index in [2.05, 4.69) is 26.0 Å². The average molecular weight is 437 g/mol. The normalized spacial score (nSPS) is 11.9. The maximum atomic E-state index is 12.4. The fourth-order valence-electron chi connectivity index (χ4n) is 2.58. The Morgan fingerprint density at radius 1 is 1.27 bits per heavy atom. The molecule has 0 aliphatic rings. The zero-order valence-corrected chi connectivity index (χ0v) is 16.9. The lowest BCUT2D eigenvalue weighted by molar-refractivity contribution is -0.141. The Morgan fingerprint density at radius 3 is 2.69 bits per heavy atom. The number of aromatic nitrogens is 3. The largest absolute Gasteiger partial charge is 0.468 e. The van der Waals surface area contributed by atoms with Gasteiger partial charge in [-0.1, -0.05) is 27.3 Å². The van der Waals surface area contributed by atoms with Crippen molar-refractivity contribution in [3.05, 3.63) is 44.9 Å². The van der Waals surface area contributed by atoms with E-state index in [1.165, 1.54) is 18.4 Å². The Kier molecular flexibility index (Phi) is 5.38. The monoisotopic (exact) mass is 436 g/mol. The molecule has 1 aromatic carbocycles. The van der Waals surface area contributed by atoms with Gasteiger partial charge in [0.2, 0.25) is 0 Å². The molecule has 2 aromatic heterocycles. The summed E-state index contributed by atoms with van der Waals surface area (Å²) in [6.07, 6.45) is 0. The van der Waals surface area contributed by atoms with E-state index in [0.717, 1.165) is 26.1 Å². The highest BCUT2D eigenvalue weighted by Gasteiger charge is 2.13. The molecule has 136 valence electrons. The minimum absolute atomic E-state index is 0.00977. The molecule has 0 N–H and O–H groups in total. The van der Waals surface area contributed by atoms with Gasteiger partial charge in [-0.2, -0.15) is 10.1 Å². The van der Waals surface area contributed by atoms with E-state index in [4.69, 9.17) is 4.74 Å². The molecule has 3 aromatic rings. The fraction of sp³-hybridized carbons (Fsp3) is 0.294. The predicted octanol–water partition coefficient (Wildman–Crippen LogP) is 2.58. The van der Waals surface area contributed by atoms with E-state index < -0.39 is 5.97 Å². The summed E-state index contributed by atoms with van der Waals surface area (Å²) >= 11 is 4.78. The number of nitrogens with zero attached hydrogens (tertiary/aromatic N) is 4. The number of rotatable bonds is 4. The van der Waals surface area contributed by atoms with E-state index in [9.17, 15) is 9.59 Å². The molecule has 0 spiro atoms. The highest BCUT2D eigenvalue weighted by Crippen LogP contribution is 2.22. The zero-order chi connectivity index (χ0) is 18.8. The molecule has 0 radical (unpaired) electrons. The highest BCUT2D eigenvalue weighted by molar-refractivity contribution is 9.10. The summed E-state index contributed by atoms with van der Waals surface area (Å²) in [6.45, 7) is 3.81. The zero-order valence-electron chi connectivity index (χ0n) is 14.5. The molecule has 3 rings (SSSR count). The molecule has 26 heavy (non-hydrogen) atoms. The number of carbonyl (C=O) groups excluding carboxylic acids is 2. The van der Waals surface area contributed by atoms with Crippen molar-refractivity contribution in [2.75, 3.05) is 7.11 Å². The second kappa shape index (κ2) is 7.55. The van der Waals surface area contributed by atoms with Gasteiger partial charge in [-0.25, -0.2) is 0 Å². The van der Waals surface area contributed by atoms with Crippen LogP contribution in [0.15, 0.2) is 33.7 Å². The maximum Gasteiger partial charge on any atom is 0.325 e. The number of methoxy groups -OCH3 is 1. The summed E-state index contributed by atoms with van der Waals surface area (Å²) in [7, 11) is 1.33. The van der Waals surface area contributed by atoms with Gasteiger partial charge >= 0.3 is 5.97 Å². The molecule has 0 saturated heterocycles. The van der Waals surface area contributed by atoms with Gasteiger partial charge in [-0.15, -0.1) is 0 Å². The van der Waals surface area contributed by atoms with Crippen molar-refractivity contribution in [3.8, 4) is 0 Å². The van der Waals surface area contributed by atoms with E-state index in [0.29, 0.717) is 4.80 Å². The lowest BCUT2D eigenvalue weighted by Gasteiger charge is -2.04. The molecule has 9 heteroatoms. The van der Waals surface area contributed by atoms with Crippen LogP contribution in [0.4, 0.5) is 0 Å². The first-order valence-electron chi connectivity index (χ1n) is 7.81. The molecule has 0 atom stereocenters. The number of thiazole rings is 1. The Morgan fingerprint density at radius 2 is 2.04 bits per heavy atom. The summed E-state index contributed by atoms with van der Waals surface area (Å²) in [5, 5.41) is 4.28.